The van der Waals surface area contributed by atoms with Crippen molar-refractivity contribution >= 4 is 28.6 Å². The number of nitrogens with one attached hydrogen (secondary N) is 1. The van der Waals surface area contributed by atoms with Crippen LogP contribution in [-0.2, 0) is 11.0 Å². The minimum atomic E-state index is -4.41. The van der Waals surface area contributed by atoms with Crippen LogP contribution < -0.4 is 4.74 Å². The summed E-state index contributed by atoms with van der Waals surface area (Å²) in [6, 6.07) is 8.25. The largest absolute Gasteiger partial charge is 0.497 e. The van der Waals surface area contributed by atoms with Gasteiger partial charge in [-0.05, 0) is 54.7 Å². The maximum atomic E-state index is 12.6. The molecule has 0 bridgehead atoms. The van der Waals surface area contributed by atoms with E-state index < -0.39 is 11.7 Å². The molecule has 0 saturated carbocycles. The molecule has 4 rings (SSSR count). The van der Waals surface area contributed by atoms with Gasteiger partial charge in [0.2, 0.25) is 5.91 Å². The van der Waals surface area contributed by atoms with Gasteiger partial charge >= 0.3 is 6.18 Å². The van der Waals surface area contributed by atoms with Gasteiger partial charge in [0.05, 0.1) is 23.5 Å². The van der Waals surface area contributed by atoms with Gasteiger partial charge in [-0.25, -0.2) is 4.98 Å². The fourth-order valence-electron chi connectivity index (χ4n) is 3.89. The van der Waals surface area contributed by atoms with Gasteiger partial charge in [-0.1, -0.05) is 11.8 Å². The van der Waals surface area contributed by atoms with Crippen molar-refractivity contribution in [2.24, 2.45) is 0 Å². The first-order valence-electron chi connectivity index (χ1n) is 9.94. The third kappa shape index (κ3) is 4.81. The Morgan fingerprint density at radius 3 is 2.68 bits per heavy atom. The number of aromatic nitrogens is 2. The van der Waals surface area contributed by atoms with Gasteiger partial charge in [0.1, 0.15) is 5.75 Å². The lowest BCUT2D eigenvalue weighted by atomic mass is 9.89. The summed E-state index contributed by atoms with van der Waals surface area (Å²) in [4.78, 5) is 21.5. The third-order valence-corrected chi connectivity index (χ3v) is 6.54. The zero-order valence-electron chi connectivity index (χ0n) is 16.9. The first-order valence-corrected chi connectivity index (χ1v) is 10.9. The normalized spacial score (nSPS) is 15.4. The Kier molecular flexibility index (Phi) is 6.13. The van der Waals surface area contributed by atoms with Crippen LogP contribution in [0.15, 0.2) is 47.8 Å². The van der Waals surface area contributed by atoms with Crippen molar-refractivity contribution in [1.29, 1.82) is 0 Å². The number of carbonyl (C=O) groups excluding carboxylic acids is 1. The van der Waals surface area contributed by atoms with E-state index in [1.54, 1.807) is 7.11 Å². The van der Waals surface area contributed by atoms with E-state index >= 15 is 0 Å². The number of piperidine rings is 1. The summed E-state index contributed by atoms with van der Waals surface area (Å²) in [6.45, 7) is 1.31. The maximum absolute atomic E-state index is 12.6. The molecule has 3 heterocycles. The molecule has 1 aromatic carbocycles. The summed E-state index contributed by atoms with van der Waals surface area (Å²) >= 11 is 1.16. The van der Waals surface area contributed by atoms with Crippen LogP contribution in [0.2, 0.25) is 0 Å². The van der Waals surface area contributed by atoms with Crippen molar-refractivity contribution in [2.75, 3.05) is 26.0 Å². The number of benzene rings is 1. The maximum Gasteiger partial charge on any atom is 0.417 e. The SMILES string of the molecule is COc1ccc2[nH]cc(C3CCN(C(=O)CSc4ccc(C(F)(F)F)cn4)CC3)c2c1. The molecular formula is C22H22F3N3O2S. The number of rotatable bonds is 5. The van der Waals surface area contributed by atoms with E-state index in [9.17, 15) is 18.0 Å². The molecule has 1 aliphatic rings. The summed E-state index contributed by atoms with van der Waals surface area (Å²) in [5.41, 5.74) is 1.51. The molecule has 0 spiro atoms. The molecule has 5 nitrogen and oxygen atoms in total. The number of alkyl halides is 3. The van der Waals surface area contributed by atoms with Crippen molar-refractivity contribution in [3.63, 3.8) is 0 Å². The van der Waals surface area contributed by atoms with Crippen LogP contribution >= 0.6 is 11.8 Å². The zero-order chi connectivity index (χ0) is 22.0. The van der Waals surface area contributed by atoms with Gasteiger partial charge in [-0.2, -0.15) is 13.2 Å². The van der Waals surface area contributed by atoms with Gasteiger partial charge in [0.25, 0.3) is 0 Å². The number of fused-ring (bicyclic) bond motifs is 1. The minimum absolute atomic E-state index is 0.0225. The second-order valence-corrected chi connectivity index (χ2v) is 8.48. The molecule has 0 unspecified atom stereocenters. The second kappa shape index (κ2) is 8.82. The Bertz CT molecular complexity index is 1060. The zero-order valence-corrected chi connectivity index (χ0v) is 17.7. The molecule has 164 valence electrons. The molecule has 31 heavy (non-hydrogen) atoms. The first-order chi connectivity index (χ1) is 14.8. The molecule has 9 heteroatoms. The van der Waals surface area contributed by atoms with Gasteiger partial charge in [-0.15, -0.1) is 0 Å². The molecule has 1 saturated heterocycles. The molecule has 2 aromatic heterocycles. The van der Waals surface area contributed by atoms with E-state index in [0.29, 0.717) is 24.0 Å². The number of thioether (sulfide) groups is 1. The standard InChI is InChI=1S/C22H22F3N3O2S/c1-30-16-3-4-19-17(10-16)18(12-26-19)14-6-8-28(9-7-14)21(29)13-31-20-5-2-15(11-27-20)22(23,24)25/h2-5,10-12,14,26H,6-9,13H2,1H3. The van der Waals surface area contributed by atoms with Gasteiger partial charge in [0, 0.05) is 36.4 Å². The number of pyridine rings is 1. The van der Waals surface area contributed by atoms with Gasteiger partial charge < -0.3 is 14.6 Å². The summed E-state index contributed by atoms with van der Waals surface area (Å²) in [5.74, 6) is 1.31. The monoisotopic (exact) mass is 449 g/mol. The van der Waals surface area contributed by atoms with E-state index in [0.717, 1.165) is 53.5 Å². The Hall–Kier alpha value is -2.68. The number of likely N-dealkylation sites (tertiary alicyclic amines) is 1. The van der Waals surface area contributed by atoms with Gasteiger partial charge in [-0.3, -0.25) is 4.79 Å². The molecule has 0 aliphatic carbocycles. The molecule has 0 radical (unpaired) electrons. The van der Waals surface area contributed by atoms with Crippen molar-refractivity contribution in [3.05, 3.63) is 53.9 Å². The molecule has 1 amide bonds. The molecule has 1 N–H and O–H groups in total. The number of halogens is 3. The number of amides is 1. The van der Waals surface area contributed by atoms with E-state index in [4.69, 9.17) is 4.74 Å². The number of hydrogen-bond donors (Lipinski definition) is 1. The molecule has 1 fully saturated rings. The fraction of sp³-hybridized carbons (Fsp3) is 0.364. The van der Waals surface area contributed by atoms with Crippen molar-refractivity contribution in [2.45, 2.75) is 30.0 Å². The number of aromatic amines is 1. The highest BCUT2D eigenvalue weighted by Crippen LogP contribution is 2.35. The molecule has 0 atom stereocenters. The number of H-pyrrole nitrogens is 1. The fourth-order valence-corrected chi connectivity index (χ4v) is 4.63. The van der Waals surface area contributed by atoms with Crippen LogP contribution in [0.3, 0.4) is 0 Å². The van der Waals surface area contributed by atoms with Crippen LogP contribution in [0.4, 0.5) is 13.2 Å². The first kappa shape index (κ1) is 21.5. The smallest absolute Gasteiger partial charge is 0.417 e. The predicted molar refractivity (Wildman–Crippen MR) is 113 cm³/mol. The van der Waals surface area contributed by atoms with Crippen LogP contribution in [-0.4, -0.2) is 46.7 Å². The summed E-state index contributed by atoms with van der Waals surface area (Å²) in [6.07, 6.45) is 0.150. The highest BCUT2D eigenvalue weighted by molar-refractivity contribution is 7.99. The number of carbonyl (C=O) groups is 1. The van der Waals surface area contributed by atoms with E-state index in [2.05, 4.69) is 9.97 Å². The topological polar surface area (TPSA) is 58.2 Å². The lowest BCUT2D eigenvalue weighted by Gasteiger charge is -2.32. The molecular weight excluding hydrogens is 427 g/mol. The Labute approximate surface area is 182 Å². The average molecular weight is 449 g/mol. The van der Waals surface area contributed by atoms with E-state index in [1.165, 1.54) is 11.6 Å². The van der Waals surface area contributed by atoms with Gasteiger partial charge in [0.15, 0.2) is 0 Å². The van der Waals surface area contributed by atoms with Crippen LogP contribution in [0.1, 0.15) is 29.9 Å². The molecule has 3 aromatic rings. The third-order valence-electron chi connectivity index (χ3n) is 5.62. The number of nitrogens with zero attached hydrogens (tertiary/aromatic N) is 2. The summed E-state index contributed by atoms with van der Waals surface area (Å²) in [7, 11) is 1.65. The van der Waals surface area contributed by atoms with E-state index in [-0.39, 0.29) is 11.7 Å². The van der Waals surface area contributed by atoms with Crippen LogP contribution in [0.25, 0.3) is 10.9 Å². The second-order valence-electron chi connectivity index (χ2n) is 7.48. The van der Waals surface area contributed by atoms with Crippen molar-refractivity contribution in [3.8, 4) is 5.75 Å². The number of hydrogen-bond acceptors (Lipinski definition) is 4. The number of ether oxygens (including phenoxy) is 1. The predicted octanol–water partition coefficient (Wildman–Crippen LogP) is 5.09. The Morgan fingerprint density at radius 1 is 1.26 bits per heavy atom. The highest BCUT2D eigenvalue weighted by atomic mass is 32.2. The highest BCUT2D eigenvalue weighted by Gasteiger charge is 2.31. The van der Waals surface area contributed by atoms with Crippen LogP contribution in [0.5, 0.6) is 5.75 Å². The van der Waals surface area contributed by atoms with Crippen LogP contribution in [0, 0.1) is 0 Å². The minimum Gasteiger partial charge on any atom is -0.497 e. The lowest BCUT2D eigenvalue weighted by Crippen LogP contribution is -2.38. The summed E-state index contributed by atoms with van der Waals surface area (Å²) < 4.78 is 43.2. The quantitative estimate of drug-likeness (QED) is 0.552. The van der Waals surface area contributed by atoms with E-state index in [1.807, 2.05) is 29.3 Å². The summed E-state index contributed by atoms with van der Waals surface area (Å²) in [5, 5.41) is 1.55. The lowest BCUT2D eigenvalue weighted by molar-refractivity contribution is -0.138. The van der Waals surface area contributed by atoms with Crippen molar-refractivity contribution in [1.82, 2.24) is 14.9 Å². The van der Waals surface area contributed by atoms with Crippen molar-refractivity contribution < 1.29 is 22.7 Å². The number of methoxy groups -OCH3 is 1. The Balaban J connectivity index is 1.32. The molecule has 1 aliphatic heterocycles. The Morgan fingerprint density at radius 2 is 2.03 bits per heavy atom. The average Bonchev–Trinajstić information content (AvgIpc) is 3.20.